The van der Waals surface area contributed by atoms with Gasteiger partial charge in [-0.25, -0.2) is 4.99 Å². The Morgan fingerprint density at radius 1 is 1.20 bits per heavy atom. The number of aliphatic imine (C=N–C) groups is 1. The van der Waals surface area contributed by atoms with Crippen molar-refractivity contribution in [2.24, 2.45) is 16.5 Å². The Morgan fingerprint density at radius 3 is 2.20 bits per heavy atom. The van der Waals surface area contributed by atoms with Crippen LogP contribution in [0.25, 0.3) is 0 Å². The second kappa shape index (κ2) is 4.99. The largest absolute Gasteiger partial charge is 0.481 e. The minimum atomic E-state index is -0.841. The van der Waals surface area contributed by atoms with Gasteiger partial charge in [0.1, 0.15) is 0 Å². The van der Waals surface area contributed by atoms with E-state index >= 15 is 0 Å². The molecule has 0 fully saturated rings. The third-order valence-corrected chi connectivity index (χ3v) is 1.82. The van der Waals surface area contributed by atoms with Gasteiger partial charge in [0.2, 0.25) is 0 Å². The van der Waals surface area contributed by atoms with Gasteiger partial charge in [0.05, 0.1) is 13.0 Å². The number of hydrogen-bond acceptors (Lipinski definition) is 2. The van der Waals surface area contributed by atoms with E-state index in [1.54, 1.807) is 12.1 Å². The van der Waals surface area contributed by atoms with Crippen LogP contribution in [0.1, 0.15) is 11.1 Å². The Labute approximate surface area is 87.4 Å². The molecule has 0 unspecified atom stereocenters. The van der Waals surface area contributed by atoms with Crippen molar-refractivity contribution in [1.29, 1.82) is 0 Å². The van der Waals surface area contributed by atoms with Crippen molar-refractivity contribution in [3.05, 3.63) is 35.4 Å². The standard InChI is InChI=1S/C10H13N3O2/c11-10(12)13-6-8-3-1-7(2-4-8)5-9(14)15/h1-4H,5-6H2,(H,14,15)(H4,11,12,13). The van der Waals surface area contributed by atoms with Crippen LogP contribution in [0.5, 0.6) is 0 Å². The van der Waals surface area contributed by atoms with E-state index in [0.29, 0.717) is 6.54 Å². The van der Waals surface area contributed by atoms with Gasteiger partial charge in [-0.3, -0.25) is 4.79 Å². The van der Waals surface area contributed by atoms with E-state index in [2.05, 4.69) is 4.99 Å². The molecule has 1 aromatic carbocycles. The molecule has 0 heterocycles. The third-order valence-electron chi connectivity index (χ3n) is 1.82. The zero-order chi connectivity index (χ0) is 11.3. The normalized spacial score (nSPS) is 9.60. The molecule has 0 saturated carbocycles. The summed E-state index contributed by atoms with van der Waals surface area (Å²) >= 11 is 0. The van der Waals surface area contributed by atoms with Crippen molar-refractivity contribution in [3.8, 4) is 0 Å². The lowest BCUT2D eigenvalue weighted by molar-refractivity contribution is -0.136. The molecule has 80 valence electrons. The highest BCUT2D eigenvalue weighted by molar-refractivity contribution is 5.75. The summed E-state index contributed by atoms with van der Waals surface area (Å²) in [5.74, 6) is -0.795. The summed E-state index contributed by atoms with van der Waals surface area (Å²) in [7, 11) is 0. The fourth-order valence-electron chi connectivity index (χ4n) is 1.12. The Balaban J connectivity index is 2.64. The van der Waals surface area contributed by atoms with Gasteiger partial charge in [0.25, 0.3) is 0 Å². The molecule has 0 aliphatic carbocycles. The Morgan fingerprint density at radius 2 is 1.73 bits per heavy atom. The van der Waals surface area contributed by atoms with Gasteiger partial charge in [-0.1, -0.05) is 24.3 Å². The number of aliphatic carboxylic acids is 1. The molecular weight excluding hydrogens is 194 g/mol. The topological polar surface area (TPSA) is 102 Å². The first kappa shape index (κ1) is 11.0. The van der Waals surface area contributed by atoms with Gasteiger partial charge in [-0.05, 0) is 11.1 Å². The van der Waals surface area contributed by atoms with E-state index in [-0.39, 0.29) is 12.4 Å². The Bertz CT molecular complexity index is 367. The summed E-state index contributed by atoms with van der Waals surface area (Å²) in [5.41, 5.74) is 12.1. The quantitative estimate of drug-likeness (QED) is 0.481. The molecule has 0 spiro atoms. The van der Waals surface area contributed by atoms with Gasteiger partial charge in [-0.15, -0.1) is 0 Å². The van der Waals surface area contributed by atoms with Gasteiger partial charge in [0, 0.05) is 0 Å². The summed E-state index contributed by atoms with van der Waals surface area (Å²) < 4.78 is 0. The van der Waals surface area contributed by atoms with Gasteiger partial charge in [-0.2, -0.15) is 0 Å². The molecule has 0 aromatic heterocycles. The lowest BCUT2D eigenvalue weighted by Gasteiger charge is -2.00. The van der Waals surface area contributed by atoms with Crippen LogP contribution >= 0.6 is 0 Å². The van der Waals surface area contributed by atoms with Crippen LogP contribution in [-0.2, 0) is 17.8 Å². The first-order valence-corrected chi connectivity index (χ1v) is 4.43. The van der Waals surface area contributed by atoms with Crippen LogP contribution in [-0.4, -0.2) is 17.0 Å². The molecule has 1 rings (SSSR count). The van der Waals surface area contributed by atoms with E-state index in [4.69, 9.17) is 16.6 Å². The maximum atomic E-state index is 10.4. The van der Waals surface area contributed by atoms with Crippen molar-refractivity contribution in [3.63, 3.8) is 0 Å². The molecule has 0 aliphatic rings. The second-order valence-electron chi connectivity index (χ2n) is 3.13. The number of nitrogens with zero attached hydrogens (tertiary/aromatic N) is 1. The minimum absolute atomic E-state index is 0.0303. The Hall–Kier alpha value is -2.04. The van der Waals surface area contributed by atoms with E-state index in [9.17, 15) is 4.79 Å². The molecule has 0 amide bonds. The fraction of sp³-hybridized carbons (Fsp3) is 0.200. The zero-order valence-electron chi connectivity index (χ0n) is 8.18. The average Bonchev–Trinajstić information content (AvgIpc) is 2.16. The molecule has 0 atom stereocenters. The van der Waals surface area contributed by atoms with Crippen molar-refractivity contribution in [1.82, 2.24) is 0 Å². The lowest BCUT2D eigenvalue weighted by Crippen LogP contribution is -2.22. The van der Waals surface area contributed by atoms with E-state index < -0.39 is 5.97 Å². The fourth-order valence-corrected chi connectivity index (χ4v) is 1.12. The predicted molar refractivity (Wildman–Crippen MR) is 57.3 cm³/mol. The van der Waals surface area contributed by atoms with Crippen LogP contribution in [0, 0.1) is 0 Å². The van der Waals surface area contributed by atoms with Crippen LogP contribution < -0.4 is 11.5 Å². The number of guanidine groups is 1. The number of carboxylic acids is 1. The van der Waals surface area contributed by atoms with Crippen LogP contribution in [0.4, 0.5) is 0 Å². The summed E-state index contributed by atoms with van der Waals surface area (Å²) in [6.45, 7) is 0.412. The molecule has 5 nitrogen and oxygen atoms in total. The minimum Gasteiger partial charge on any atom is -0.481 e. The van der Waals surface area contributed by atoms with Crippen LogP contribution in [0.2, 0.25) is 0 Å². The molecule has 15 heavy (non-hydrogen) atoms. The van der Waals surface area contributed by atoms with Crippen LogP contribution in [0.3, 0.4) is 0 Å². The average molecular weight is 207 g/mol. The molecule has 5 N–H and O–H groups in total. The van der Waals surface area contributed by atoms with Gasteiger partial charge in [0.15, 0.2) is 5.96 Å². The van der Waals surface area contributed by atoms with Crippen molar-refractivity contribution in [2.45, 2.75) is 13.0 Å². The number of rotatable bonds is 4. The highest BCUT2D eigenvalue weighted by Crippen LogP contribution is 2.06. The molecule has 0 radical (unpaired) electrons. The first-order valence-electron chi connectivity index (χ1n) is 4.43. The maximum absolute atomic E-state index is 10.4. The number of hydrogen-bond donors (Lipinski definition) is 3. The van der Waals surface area contributed by atoms with Crippen molar-refractivity contribution < 1.29 is 9.90 Å². The van der Waals surface area contributed by atoms with Gasteiger partial charge >= 0.3 is 5.97 Å². The molecule has 0 saturated heterocycles. The summed E-state index contributed by atoms with van der Waals surface area (Å²) in [4.78, 5) is 14.3. The maximum Gasteiger partial charge on any atom is 0.307 e. The molecule has 1 aromatic rings. The monoisotopic (exact) mass is 207 g/mol. The highest BCUT2D eigenvalue weighted by Gasteiger charge is 1.99. The summed E-state index contributed by atoms with van der Waals surface area (Å²) in [5, 5.41) is 8.56. The number of carboxylic acid groups (broad SMARTS) is 1. The van der Waals surface area contributed by atoms with E-state index in [1.807, 2.05) is 12.1 Å². The SMILES string of the molecule is NC(N)=NCc1ccc(CC(=O)O)cc1. The number of benzene rings is 1. The Kier molecular flexibility index (Phi) is 3.68. The summed E-state index contributed by atoms with van der Waals surface area (Å²) in [6.07, 6.45) is 0.0303. The van der Waals surface area contributed by atoms with Crippen molar-refractivity contribution >= 4 is 11.9 Å². The number of nitrogens with two attached hydrogens (primary N) is 2. The summed E-state index contributed by atoms with van der Waals surface area (Å²) in [6, 6.07) is 7.13. The van der Waals surface area contributed by atoms with E-state index in [1.165, 1.54) is 0 Å². The molecule has 0 bridgehead atoms. The first-order chi connectivity index (χ1) is 7.08. The van der Waals surface area contributed by atoms with Gasteiger partial charge < -0.3 is 16.6 Å². The highest BCUT2D eigenvalue weighted by atomic mass is 16.4. The van der Waals surface area contributed by atoms with E-state index in [0.717, 1.165) is 11.1 Å². The van der Waals surface area contributed by atoms with Crippen LogP contribution in [0.15, 0.2) is 29.3 Å². The zero-order valence-corrected chi connectivity index (χ0v) is 8.18. The molecule has 5 heteroatoms. The predicted octanol–water partition coefficient (Wildman–Crippen LogP) is 0.0871. The lowest BCUT2D eigenvalue weighted by atomic mass is 10.1. The molecule has 0 aliphatic heterocycles. The second-order valence-corrected chi connectivity index (χ2v) is 3.13. The van der Waals surface area contributed by atoms with Crippen molar-refractivity contribution in [2.75, 3.05) is 0 Å². The third kappa shape index (κ3) is 4.12. The number of carbonyl (C=O) groups is 1. The molecular formula is C10H13N3O2. The smallest absolute Gasteiger partial charge is 0.307 e.